The van der Waals surface area contributed by atoms with Gasteiger partial charge in [0, 0.05) is 18.1 Å². The third kappa shape index (κ3) is 2.43. The van der Waals surface area contributed by atoms with Gasteiger partial charge in [0.05, 0.1) is 0 Å². The molecule has 0 aromatic carbocycles. The lowest BCUT2D eigenvalue weighted by molar-refractivity contribution is 0.0839. The molecule has 0 fully saturated rings. The van der Waals surface area contributed by atoms with Crippen LogP contribution in [0.5, 0.6) is 0 Å². The van der Waals surface area contributed by atoms with E-state index in [1.807, 2.05) is 6.92 Å². The Morgan fingerprint density at radius 3 is 2.76 bits per heavy atom. The number of hydrogen-bond acceptors (Lipinski definition) is 5. The average Bonchev–Trinajstić information content (AvgIpc) is 3.13. The van der Waals surface area contributed by atoms with Crippen molar-refractivity contribution in [3.8, 4) is 0 Å². The maximum Gasteiger partial charge on any atom is 0.309 e. The van der Waals surface area contributed by atoms with Gasteiger partial charge in [0.1, 0.15) is 5.69 Å². The lowest BCUT2D eigenvalue weighted by Crippen LogP contribution is -2.42. The van der Waals surface area contributed by atoms with Crippen molar-refractivity contribution in [3.05, 3.63) is 47.8 Å². The van der Waals surface area contributed by atoms with Gasteiger partial charge in [-0.2, -0.15) is 4.98 Å². The lowest BCUT2D eigenvalue weighted by atomic mass is 10.4. The van der Waals surface area contributed by atoms with E-state index in [1.165, 1.54) is 4.52 Å². The first kappa shape index (κ1) is 12.8. The van der Waals surface area contributed by atoms with Crippen molar-refractivity contribution >= 4 is 17.6 Å². The van der Waals surface area contributed by atoms with Gasteiger partial charge in [0.25, 0.3) is 11.7 Å². The first-order chi connectivity index (χ1) is 10.1. The summed E-state index contributed by atoms with van der Waals surface area (Å²) in [5.74, 6) is -0.856. The van der Waals surface area contributed by atoms with Gasteiger partial charge in [-0.05, 0) is 25.1 Å². The van der Waals surface area contributed by atoms with E-state index in [-0.39, 0.29) is 5.82 Å². The lowest BCUT2D eigenvalue weighted by Gasteiger charge is -2.03. The van der Waals surface area contributed by atoms with Crippen LogP contribution >= 0.6 is 0 Å². The summed E-state index contributed by atoms with van der Waals surface area (Å²) >= 11 is 0. The van der Waals surface area contributed by atoms with Crippen LogP contribution in [-0.4, -0.2) is 36.4 Å². The van der Waals surface area contributed by atoms with Gasteiger partial charge in [-0.1, -0.05) is 0 Å². The van der Waals surface area contributed by atoms with Crippen molar-refractivity contribution in [1.29, 1.82) is 0 Å². The number of nitrogens with zero attached hydrogens (tertiary/aromatic N) is 4. The number of hydrogen-bond donors (Lipinski definition) is 3. The van der Waals surface area contributed by atoms with E-state index in [9.17, 15) is 9.59 Å². The summed E-state index contributed by atoms with van der Waals surface area (Å²) in [6, 6.07) is 5.00. The zero-order valence-electron chi connectivity index (χ0n) is 11.0. The summed E-state index contributed by atoms with van der Waals surface area (Å²) in [5, 5.41) is 4.02. The normalized spacial score (nSPS) is 10.5. The highest BCUT2D eigenvalue weighted by Crippen LogP contribution is 2.01. The molecule has 0 spiro atoms. The quantitative estimate of drug-likeness (QED) is 0.565. The molecule has 0 bridgehead atoms. The second-order valence-corrected chi connectivity index (χ2v) is 4.23. The zero-order chi connectivity index (χ0) is 14.8. The second-order valence-electron chi connectivity index (χ2n) is 4.23. The maximum absolute atomic E-state index is 11.9. The molecule has 0 saturated heterocycles. The molecule has 3 heterocycles. The van der Waals surface area contributed by atoms with Crippen LogP contribution < -0.4 is 10.9 Å². The number of aromatic nitrogens is 5. The summed E-state index contributed by atoms with van der Waals surface area (Å²) in [7, 11) is 0. The molecule has 0 atom stereocenters. The molecular weight excluding hydrogens is 274 g/mol. The van der Waals surface area contributed by atoms with Crippen LogP contribution in [0.3, 0.4) is 0 Å². The standard InChI is InChI=1S/C12H11N7O2/c1-7-4-6-14-12-15-9(18-19(7)12)11(21)17-16-10(20)8-3-2-5-13-8/h2-6,13H,1H3,(H,16,20)(H,17,21). The fourth-order valence-electron chi connectivity index (χ4n) is 1.71. The topological polar surface area (TPSA) is 117 Å². The van der Waals surface area contributed by atoms with Crippen molar-refractivity contribution in [2.45, 2.75) is 6.92 Å². The van der Waals surface area contributed by atoms with Gasteiger partial charge in [-0.3, -0.25) is 20.4 Å². The van der Waals surface area contributed by atoms with Crippen LogP contribution in [0.15, 0.2) is 30.6 Å². The van der Waals surface area contributed by atoms with E-state index in [0.717, 1.165) is 5.69 Å². The molecule has 0 radical (unpaired) electrons. The van der Waals surface area contributed by atoms with Crippen LogP contribution in [0.2, 0.25) is 0 Å². The Morgan fingerprint density at radius 1 is 1.24 bits per heavy atom. The Labute approximate surface area is 118 Å². The van der Waals surface area contributed by atoms with Gasteiger partial charge < -0.3 is 4.98 Å². The van der Waals surface area contributed by atoms with Gasteiger partial charge in [0.15, 0.2) is 0 Å². The Bertz CT molecular complexity index is 806. The molecule has 2 amide bonds. The van der Waals surface area contributed by atoms with Crippen molar-refractivity contribution < 1.29 is 9.59 Å². The largest absolute Gasteiger partial charge is 0.357 e. The summed E-state index contributed by atoms with van der Waals surface area (Å²) in [6.45, 7) is 1.82. The summed E-state index contributed by atoms with van der Waals surface area (Å²) < 4.78 is 1.45. The first-order valence-corrected chi connectivity index (χ1v) is 6.07. The first-order valence-electron chi connectivity index (χ1n) is 6.07. The fraction of sp³-hybridized carbons (Fsp3) is 0.0833. The molecule has 3 rings (SSSR count). The highest BCUT2D eigenvalue weighted by Gasteiger charge is 2.15. The van der Waals surface area contributed by atoms with Crippen molar-refractivity contribution in [2.24, 2.45) is 0 Å². The van der Waals surface area contributed by atoms with Gasteiger partial charge in [-0.25, -0.2) is 9.50 Å². The van der Waals surface area contributed by atoms with Crippen LogP contribution in [0, 0.1) is 6.92 Å². The average molecular weight is 285 g/mol. The minimum Gasteiger partial charge on any atom is -0.357 e. The minimum atomic E-state index is -0.625. The highest BCUT2D eigenvalue weighted by molar-refractivity contribution is 5.96. The van der Waals surface area contributed by atoms with Crippen molar-refractivity contribution in [1.82, 2.24) is 35.4 Å². The number of carbonyl (C=O) groups excluding carboxylic acids is 2. The number of nitrogens with one attached hydrogen (secondary N) is 3. The van der Waals surface area contributed by atoms with E-state index in [1.54, 1.807) is 30.6 Å². The van der Waals surface area contributed by atoms with Gasteiger partial charge in [0.2, 0.25) is 5.82 Å². The smallest absolute Gasteiger partial charge is 0.309 e. The van der Waals surface area contributed by atoms with Crippen LogP contribution in [0.4, 0.5) is 0 Å². The van der Waals surface area contributed by atoms with Gasteiger partial charge >= 0.3 is 5.91 Å². The number of aromatic amines is 1. The number of carbonyl (C=O) groups is 2. The van der Waals surface area contributed by atoms with Crippen molar-refractivity contribution in [2.75, 3.05) is 0 Å². The molecule has 0 unspecified atom stereocenters. The predicted molar refractivity (Wildman–Crippen MR) is 71.2 cm³/mol. The molecule has 3 aromatic heterocycles. The number of fused-ring (bicyclic) bond motifs is 1. The predicted octanol–water partition coefficient (Wildman–Crippen LogP) is -0.164. The number of hydrazine groups is 1. The SMILES string of the molecule is Cc1ccnc2nc(C(=O)NNC(=O)c3ccc[nH]3)nn12. The number of amides is 2. The summed E-state index contributed by atoms with van der Waals surface area (Å²) in [6.07, 6.45) is 3.18. The molecule has 0 saturated carbocycles. The zero-order valence-corrected chi connectivity index (χ0v) is 11.0. The molecule has 3 N–H and O–H groups in total. The molecule has 9 nitrogen and oxygen atoms in total. The van der Waals surface area contributed by atoms with Crippen molar-refractivity contribution in [3.63, 3.8) is 0 Å². The third-order valence-corrected chi connectivity index (χ3v) is 2.77. The minimum absolute atomic E-state index is 0.0800. The molecule has 21 heavy (non-hydrogen) atoms. The van der Waals surface area contributed by atoms with Crippen LogP contribution in [0.25, 0.3) is 5.78 Å². The van der Waals surface area contributed by atoms with Crippen LogP contribution in [0.1, 0.15) is 26.8 Å². The number of rotatable bonds is 2. The summed E-state index contributed by atoms with van der Waals surface area (Å²) in [4.78, 5) is 34.3. The van der Waals surface area contributed by atoms with E-state index >= 15 is 0 Å². The van der Waals surface area contributed by atoms with E-state index in [0.29, 0.717) is 11.5 Å². The van der Waals surface area contributed by atoms with Crippen LogP contribution in [-0.2, 0) is 0 Å². The molecule has 106 valence electrons. The highest BCUT2D eigenvalue weighted by atomic mass is 16.2. The Morgan fingerprint density at radius 2 is 2.05 bits per heavy atom. The summed E-state index contributed by atoms with van der Waals surface area (Å²) in [5.41, 5.74) is 5.63. The molecule has 0 aliphatic rings. The van der Waals surface area contributed by atoms with E-state index in [4.69, 9.17) is 0 Å². The molecule has 9 heteroatoms. The number of aryl methyl sites for hydroxylation is 1. The fourth-order valence-corrected chi connectivity index (χ4v) is 1.71. The van der Waals surface area contributed by atoms with E-state index < -0.39 is 11.8 Å². The maximum atomic E-state index is 11.9. The Kier molecular flexibility index (Phi) is 3.07. The van der Waals surface area contributed by atoms with E-state index in [2.05, 4.69) is 30.9 Å². The monoisotopic (exact) mass is 285 g/mol. The molecule has 0 aliphatic heterocycles. The third-order valence-electron chi connectivity index (χ3n) is 2.77. The molecule has 0 aliphatic carbocycles. The number of H-pyrrole nitrogens is 1. The Balaban J connectivity index is 1.72. The molecule has 3 aromatic rings. The second kappa shape index (κ2) is 5.04. The molecular formula is C12H11N7O2. The Hall–Kier alpha value is -3.23. The van der Waals surface area contributed by atoms with Gasteiger partial charge in [-0.15, -0.1) is 5.10 Å².